The molecule has 1 amide bonds. The molecule has 1 N–H and O–H groups in total. The minimum Gasteiger partial charge on any atom is -0.351 e. The first-order valence-electron chi connectivity index (χ1n) is 8.28. The molecule has 0 aliphatic carbocycles. The molecule has 0 aromatic carbocycles. The fourth-order valence-corrected chi connectivity index (χ4v) is 4.67. The van der Waals surface area contributed by atoms with Gasteiger partial charge in [-0.2, -0.15) is 0 Å². The highest BCUT2D eigenvalue weighted by Gasteiger charge is 2.29. The van der Waals surface area contributed by atoms with Crippen LogP contribution in [0.4, 0.5) is 0 Å². The summed E-state index contributed by atoms with van der Waals surface area (Å²) in [5, 5.41) is 2.86. The second-order valence-corrected chi connectivity index (χ2v) is 9.20. The van der Waals surface area contributed by atoms with Gasteiger partial charge in [-0.05, 0) is 25.3 Å². The number of carbonyl (C=O) groups is 1. The van der Waals surface area contributed by atoms with E-state index in [1.807, 2.05) is 0 Å². The molecule has 128 valence electrons. The lowest BCUT2D eigenvalue weighted by Crippen LogP contribution is -2.50. The van der Waals surface area contributed by atoms with Crippen molar-refractivity contribution in [3.63, 3.8) is 0 Å². The molecule has 2 heterocycles. The molecular formula is C15H29N3O3S. The van der Waals surface area contributed by atoms with Crippen LogP contribution >= 0.6 is 0 Å². The third kappa shape index (κ3) is 5.85. The Morgan fingerprint density at radius 1 is 1.18 bits per heavy atom. The van der Waals surface area contributed by atoms with Gasteiger partial charge < -0.3 is 10.2 Å². The van der Waals surface area contributed by atoms with Gasteiger partial charge in [-0.15, -0.1) is 0 Å². The lowest BCUT2D eigenvalue weighted by atomic mass is 10.1. The number of hydrogen-bond acceptors (Lipinski definition) is 5. The number of nitrogens with zero attached hydrogens (tertiary/aromatic N) is 2. The van der Waals surface area contributed by atoms with Crippen molar-refractivity contribution in [2.75, 3.05) is 50.8 Å². The van der Waals surface area contributed by atoms with Crippen LogP contribution in [0.1, 0.15) is 26.7 Å². The van der Waals surface area contributed by atoms with Crippen molar-refractivity contribution in [1.29, 1.82) is 0 Å². The van der Waals surface area contributed by atoms with Crippen LogP contribution in [0.3, 0.4) is 0 Å². The van der Waals surface area contributed by atoms with E-state index >= 15 is 0 Å². The number of hydrogen-bond donors (Lipinski definition) is 1. The molecule has 7 heteroatoms. The lowest BCUT2D eigenvalue weighted by molar-refractivity contribution is -0.123. The van der Waals surface area contributed by atoms with Crippen LogP contribution in [-0.4, -0.2) is 80.9 Å². The number of amides is 1. The van der Waals surface area contributed by atoms with Crippen molar-refractivity contribution in [2.24, 2.45) is 5.92 Å². The molecule has 6 nitrogen and oxygen atoms in total. The maximum absolute atomic E-state index is 12.0. The summed E-state index contributed by atoms with van der Waals surface area (Å²) in [6.07, 6.45) is 1.77. The molecule has 2 fully saturated rings. The standard InChI is InChI=1S/C15H29N3O3S/c1-13(2)3-5-17-6-8-18(9-7-17)11-15(19)16-14-4-10-22(20,21)12-14/h13-14H,3-12H2,1-2H3,(H,16,19)/t14-/m0/s1. The maximum Gasteiger partial charge on any atom is 0.234 e. The van der Waals surface area contributed by atoms with Gasteiger partial charge in [0.25, 0.3) is 0 Å². The van der Waals surface area contributed by atoms with Gasteiger partial charge in [0.2, 0.25) is 5.91 Å². The van der Waals surface area contributed by atoms with Gasteiger partial charge >= 0.3 is 0 Å². The Hall–Kier alpha value is -0.660. The van der Waals surface area contributed by atoms with E-state index in [9.17, 15) is 13.2 Å². The molecule has 2 rings (SSSR count). The largest absolute Gasteiger partial charge is 0.351 e. The van der Waals surface area contributed by atoms with E-state index in [1.165, 1.54) is 6.42 Å². The average molecular weight is 331 g/mol. The zero-order valence-corrected chi connectivity index (χ0v) is 14.6. The summed E-state index contributed by atoms with van der Waals surface area (Å²) in [4.78, 5) is 16.6. The number of sulfone groups is 1. The predicted molar refractivity (Wildman–Crippen MR) is 87.5 cm³/mol. The summed E-state index contributed by atoms with van der Waals surface area (Å²) in [7, 11) is -2.93. The molecule has 2 aliphatic rings. The third-order valence-electron chi connectivity index (χ3n) is 4.45. The van der Waals surface area contributed by atoms with E-state index < -0.39 is 9.84 Å². The van der Waals surface area contributed by atoms with E-state index in [2.05, 4.69) is 29.0 Å². The van der Waals surface area contributed by atoms with Crippen LogP contribution < -0.4 is 5.32 Å². The van der Waals surface area contributed by atoms with E-state index in [4.69, 9.17) is 0 Å². The van der Waals surface area contributed by atoms with E-state index in [0.29, 0.717) is 13.0 Å². The Morgan fingerprint density at radius 2 is 1.82 bits per heavy atom. The number of carbonyl (C=O) groups excluding carboxylic acids is 1. The van der Waals surface area contributed by atoms with Gasteiger partial charge in [0, 0.05) is 32.2 Å². The smallest absolute Gasteiger partial charge is 0.234 e. The lowest BCUT2D eigenvalue weighted by Gasteiger charge is -2.34. The fraction of sp³-hybridized carbons (Fsp3) is 0.933. The van der Waals surface area contributed by atoms with Gasteiger partial charge in [0.1, 0.15) is 0 Å². The summed E-state index contributed by atoms with van der Waals surface area (Å²) in [6, 6.07) is -0.190. The summed E-state index contributed by atoms with van der Waals surface area (Å²) < 4.78 is 22.8. The zero-order chi connectivity index (χ0) is 16.2. The molecular weight excluding hydrogens is 302 g/mol. The van der Waals surface area contributed by atoms with E-state index in [-0.39, 0.29) is 23.5 Å². The van der Waals surface area contributed by atoms with Crippen LogP contribution in [0, 0.1) is 5.92 Å². The molecule has 0 bridgehead atoms. The Balaban J connectivity index is 1.64. The van der Waals surface area contributed by atoms with Gasteiger partial charge in [-0.3, -0.25) is 9.69 Å². The van der Waals surface area contributed by atoms with Crippen LogP contribution in [0.2, 0.25) is 0 Å². The number of piperazine rings is 1. The second kappa shape index (κ2) is 7.75. The summed E-state index contributed by atoms with van der Waals surface area (Å²) in [6.45, 7) is 9.85. The minimum atomic E-state index is -2.93. The van der Waals surface area contributed by atoms with Crippen LogP contribution in [0.25, 0.3) is 0 Å². The second-order valence-electron chi connectivity index (χ2n) is 6.97. The first-order chi connectivity index (χ1) is 10.3. The van der Waals surface area contributed by atoms with Gasteiger partial charge in [-0.1, -0.05) is 13.8 Å². The van der Waals surface area contributed by atoms with Gasteiger partial charge in [0.05, 0.1) is 18.1 Å². The maximum atomic E-state index is 12.0. The Morgan fingerprint density at radius 3 is 2.36 bits per heavy atom. The predicted octanol–water partition coefficient (Wildman–Crippen LogP) is -0.0466. The van der Waals surface area contributed by atoms with Crippen molar-refractivity contribution in [2.45, 2.75) is 32.7 Å². The van der Waals surface area contributed by atoms with Gasteiger partial charge in [-0.25, -0.2) is 8.42 Å². The van der Waals surface area contributed by atoms with Gasteiger partial charge in [0.15, 0.2) is 9.84 Å². The first-order valence-corrected chi connectivity index (χ1v) is 10.1. The normalized spacial score (nSPS) is 26.4. The SMILES string of the molecule is CC(C)CCN1CCN(CC(=O)N[C@H]2CCS(=O)(=O)C2)CC1. The molecule has 22 heavy (non-hydrogen) atoms. The van der Waals surface area contributed by atoms with E-state index in [1.54, 1.807) is 0 Å². The molecule has 0 spiro atoms. The first kappa shape index (κ1) is 17.7. The van der Waals surface area contributed by atoms with Crippen molar-refractivity contribution in [3.8, 4) is 0 Å². The van der Waals surface area contributed by atoms with Crippen molar-refractivity contribution >= 4 is 15.7 Å². The highest BCUT2D eigenvalue weighted by molar-refractivity contribution is 7.91. The summed E-state index contributed by atoms with van der Waals surface area (Å²) in [5.41, 5.74) is 0. The molecule has 0 saturated carbocycles. The quantitative estimate of drug-likeness (QED) is 0.739. The number of rotatable bonds is 6. The molecule has 1 atom stereocenters. The summed E-state index contributed by atoms with van der Waals surface area (Å²) >= 11 is 0. The van der Waals surface area contributed by atoms with Crippen molar-refractivity contribution < 1.29 is 13.2 Å². The molecule has 0 aromatic heterocycles. The summed E-state index contributed by atoms with van der Waals surface area (Å²) in [5.74, 6) is 0.984. The number of nitrogens with one attached hydrogen (secondary N) is 1. The van der Waals surface area contributed by atoms with Crippen molar-refractivity contribution in [1.82, 2.24) is 15.1 Å². The monoisotopic (exact) mass is 331 g/mol. The van der Waals surface area contributed by atoms with E-state index in [0.717, 1.165) is 38.6 Å². The molecule has 2 aliphatic heterocycles. The molecule has 2 saturated heterocycles. The Kier molecular flexibility index (Phi) is 6.23. The average Bonchev–Trinajstić information content (AvgIpc) is 2.77. The van der Waals surface area contributed by atoms with Crippen LogP contribution in [0.5, 0.6) is 0 Å². The highest BCUT2D eigenvalue weighted by atomic mass is 32.2. The topological polar surface area (TPSA) is 69.7 Å². The Labute approximate surface area is 134 Å². The minimum absolute atomic E-state index is 0.0438. The van der Waals surface area contributed by atoms with Crippen molar-refractivity contribution in [3.05, 3.63) is 0 Å². The fourth-order valence-electron chi connectivity index (χ4n) is 3.00. The third-order valence-corrected chi connectivity index (χ3v) is 6.22. The molecule has 0 aromatic rings. The zero-order valence-electron chi connectivity index (χ0n) is 13.8. The van der Waals surface area contributed by atoms with Crippen LogP contribution in [0.15, 0.2) is 0 Å². The molecule has 0 unspecified atom stereocenters. The Bertz CT molecular complexity index is 470. The van der Waals surface area contributed by atoms with Crippen LogP contribution in [-0.2, 0) is 14.6 Å². The molecule has 0 radical (unpaired) electrons. The highest BCUT2D eigenvalue weighted by Crippen LogP contribution is 2.11.